The third-order valence-electron chi connectivity index (χ3n) is 2.03. The molecule has 0 bridgehead atoms. The van der Waals surface area contributed by atoms with Gasteiger partial charge in [-0.1, -0.05) is 5.16 Å². The van der Waals surface area contributed by atoms with E-state index in [4.69, 9.17) is 9.26 Å². The molecular weight excluding hydrogens is 210 g/mol. The van der Waals surface area contributed by atoms with Crippen LogP contribution in [0.25, 0.3) is 0 Å². The SMILES string of the molecule is COCCNC(C)C(=O)Nc1cc(C)on1. The van der Waals surface area contributed by atoms with E-state index in [1.165, 1.54) is 0 Å². The zero-order chi connectivity index (χ0) is 12.0. The fraction of sp³-hybridized carbons (Fsp3) is 0.600. The molecule has 0 spiro atoms. The van der Waals surface area contributed by atoms with Crippen LogP contribution in [0.5, 0.6) is 0 Å². The molecule has 16 heavy (non-hydrogen) atoms. The second-order valence-corrected chi connectivity index (χ2v) is 3.48. The van der Waals surface area contributed by atoms with Gasteiger partial charge in [0.2, 0.25) is 5.91 Å². The van der Waals surface area contributed by atoms with Crippen LogP contribution in [-0.4, -0.2) is 37.4 Å². The van der Waals surface area contributed by atoms with Gasteiger partial charge in [0.1, 0.15) is 5.76 Å². The molecule has 6 heteroatoms. The lowest BCUT2D eigenvalue weighted by molar-refractivity contribution is -0.117. The number of aryl methyl sites for hydroxylation is 1. The van der Waals surface area contributed by atoms with E-state index in [9.17, 15) is 4.79 Å². The van der Waals surface area contributed by atoms with Crippen LogP contribution in [0.3, 0.4) is 0 Å². The zero-order valence-corrected chi connectivity index (χ0v) is 9.74. The molecule has 0 aliphatic rings. The lowest BCUT2D eigenvalue weighted by atomic mass is 10.3. The molecule has 0 aromatic carbocycles. The zero-order valence-electron chi connectivity index (χ0n) is 9.74. The van der Waals surface area contributed by atoms with Gasteiger partial charge in [0.25, 0.3) is 0 Å². The highest BCUT2D eigenvalue weighted by molar-refractivity contribution is 5.93. The first-order valence-corrected chi connectivity index (χ1v) is 5.10. The average molecular weight is 227 g/mol. The van der Waals surface area contributed by atoms with Crippen LogP contribution in [0.15, 0.2) is 10.6 Å². The predicted octanol–water partition coefficient (Wildman–Crippen LogP) is 0.546. The number of carbonyl (C=O) groups is 1. The van der Waals surface area contributed by atoms with Crippen LogP contribution >= 0.6 is 0 Å². The summed E-state index contributed by atoms with van der Waals surface area (Å²) < 4.78 is 9.71. The second-order valence-electron chi connectivity index (χ2n) is 3.48. The van der Waals surface area contributed by atoms with Crippen LogP contribution in [0, 0.1) is 6.92 Å². The molecule has 90 valence electrons. The Labute approximate surface area is 94.3 Å². The van der Waals surface area contributed by atoms with E-state index in [0.29, 0.717) is 24.7 Å². The van der Waals surface area contributed by atoms with Crippen molar-refractivity contribution in [3.63, 3.8) is 0 Å². The minimum atomic E-state index is -0.299. The molecule has 0 aliphatic heterocycles. The van der Waals surface area contributed by atoms with E-state index in [1.54, 1.807) is 27.0 Å². The number of carbonyl (C=O) groups excluding carboxylic acids is 1. The van der Waals surface area contributed by atoms with Gasteiger partial charge in [0.15, 0.2) is 5.82 Å². The van der Waals surface area contributed by atoms with Crippen LogP contribution in [0.2, 0.25) is 0 Å². The standard InChI is InChI=1S/C10H17N3O3/c1-7-6-9(13-16-7)12-10(14)8(2)11-4-5-15-3/h6,8,11H,4-5H2,1-3H3,(H,12,13,14). The number of nitrogens with one attached hydrogen (secondary N) is 2. The van der Waals surface area contributed by atoms with Crippen LogP contribution in [0.1, 0.15) is 12.7 Å². The number of nitrogens with zero attached hydrogens (tertiary/aromatic N) is 1. The Morgan fingerprint density at radius 3 is 3.00 bits per heavy atom. The fourth-order valence-electron chi connectivity index (χ4n) is 1.13. The van der Waals surface area contributed by atoms with E-state index < -0.39 is 0 Å². The molecule has 0 fully saturated rings. The lowest BCUT2D eigenvalue weighted by Gasteiger charge is -2.11. The molecule has 2 N–H and O–H groups in total. The molecule has 1 aromatic rings. The van der Waals surface area contributed by atoms with Crippen molar-refractivity contribution in [2.24, 2.45) is 0 Å². The molecule has 1 heterocycles. The summed E-state index contributed by atoms with van der Waals surface area (Å²) in [7, 11) is 1.62. The number of ether oxygens (including phenoxy) is 1. The van der Waals surface area contributed by atoms with Gasteiger partial charge in [-0.2, -0.15) is 0 Å². The Morgan fingerprint density at radius 2 is 2.44 bits per heavy atom. The number of hydrogen-bond donors (Lipinski definition) is 2. The Balaban J connectivity index is 2.34. The third-order valence-corrected chi connectivity index (χ3v) is 2.03. The smallest absolute Gasteiger partial charge is 0.242 e. The molecule has 1 unspecified atom stereocenters. The number of methoxy groups -OCH3 is 1. The second kappa shape index (κ2) is 6.24. The maximum Gasteiger partial charge on any atom is 0.242 e. The van der Waals surface area contributed by atoms with Gasteiger partial charge in [-0.15, -0.1) is 0 Å². The Kier molecular flexibility index (Phi) is 4.94. The first-order valence-electron chi connectivity index (χ1n) is 5.10. The maximum atomic E-state index is 11.6. The normalized spacial score (nSPS) is 12.4. The van der Waals surface area contributed by atoms with E-state index in [-0.39, 0.29) is 11.9 Å². The number of rotatable bonds is 6. The van der Waals surface area contributed by atoms with Crippen molar-refractivity contribution in [3.8, 4) is 0 Å². The molecule has 1 amide bonds. The summed E-state index contributed by atoms with van der Waals surface area (Å²) in [5, 5.41) is 9.33. The average Bonchev–Trinajstić information content (AvgIpc) is 2.64. The summed E-state index contributed by atoms with van der Waals surface area (Å²) in [4.78, 5) is 11.6. The highest BCUT2D eigenvalue weighted by atomic mass is 16.5. The quantitative estimate of drug-likeness (QED) is 0.694. The van der Waals surface area contributed by atoms with Crippen LogP contribution in [0.4, 0.5) is 5.82 Å². The predicted molar refractivity (Wildman–Crippen MR) is 59.2 cm³/mol. The number of hydrogen-bond acceptors (Lipinski definition) is 5. The van der Waals surface area contributed by atoms with E-state index in [2.05, 4.69) is 15.8 Å². The van der Waals surface area contributed by atoms with Crippen molar-refractivity contribution < 1.29 is 14.1 Å². The number of anilines is 1. The van der Waals surface area contributed by atoms with Crippen molar-refractivity contribution in [2.75, 3.05) is 25.6 Å². The summed E-state index contributed by atoms with van der Waals surface area (Å²) in [6.07, 6.45) is 0. The van der Waals surface area contributed by atoms with Crippen molar-refractivity contribution in [3.05, 3.63) is 11.8 Å². The molecule has 0 saturated heterocycles. The molecule has 1 rings (SSSR count). The maximum absolute atomic E-state index is 11.6. The van der Waals surface area contributed by atoms with Crippen LogP contribution < -0.4 is 10.6 Å². The van der Waals surface area contributed by atoms with Gasteiger partial charge < -0.3 is 19.9 Å². The van der Waals surface area contributed by atoms with Crippen molar-refractivity contribution in [1.29, 1.82) is 0 Å². The number of amides is 1. The molecule has 0 saturated carbocycles. The molecule has 1 atom stereocenters. The molecule has 6 nitrogen and oxygen atoms in total. The Morgan fingerprint density at radius 1 is 1.69 bits per heavy atom. The minimum absolute atomic E-state index is 0.149. The molecule has 0 aliphatic carbocycles. The van der Waals surface area contributed by atoms with Gasteiger partial charge in [-0.25, -0.2) is 0 Å². The van der Waals surface area contributed by atoms with Crippen molar-refractivity contribution >= 4 is 11.7 Å². The third kappa shape index (κ3) is 4.00. The van der Waals surface area contributed by atoms with Gasteiger partial charge in [-0.05, 0) is 13.8 Å². The topological polar surface area (TPSA) is 76.4 Å². The number of aromatic nitrogens is 1. The van der Waals surface area contributed by atoms with E-state index in [1.807, 2.05) is 0 Å². The van der Waals surface area contributed by atoms with Gasteiger partial charge in [0.05, 0.1) is 12.6 Å². The summed E-state index contributed by atoms with van der Waals surface area (Å²) in [5.41, 5.74) is 0. The fourth-order valence-corrected chi connectivity index (χ4v) is 1.13. The monoisotopic (exact) mass is 227 g/mol. The first-order chi connectivity index (χ1) is 7.63. The highest BCUT2D eigenvalue weighted by Crippen LogP contribution is 2.07. The van der Waals surface area contributed by atoms with Crippen molar-refractivity contribution in [2.45, 2.75) is 19.9 Å². The highest BCUT2D eigenvalue weighted by Gasteiger charge is 2.13. The van der Waals surface area contributed by atoms with Gasteiger partial charge >= 0.3 is 0 Å². The summed E-state index contributed by atoms with van der Waals surface area (Å²) in [6.45, 7) is 4.74. The van der Waals surface area contributed by atoms with Gasteiger partial charge in [0, 0.05) is 19.7 Å². The van der Waals surface area contributed by atoms with E-state index in [0.717, 1.165) is 0 Å². The summed E-state index contributed by atoms with van der Waals surface area (Å²) in [6, 6.07) is 1.37. The van der Waals surface area contributed by atoms with Gasteiger partial charge in [-0.3, -0.25) is 4.79 Å². The van der Waals surface area contributed by atoms with Crippen LogP contribution in [-0.2, 0) is 9.53 Å². The molecule has 1 aromatic heterocycles. The molecule has 0 radical (unpaired) electrons. The minimum Gasteiger partial charge on any atom is -0.383 e. The van der Waals surface area contributed by atoms with E-state index >= 15 is 0 Å². The van der Waals surface area contributed by atoms with Crippen molar-refractivity contribution in [1.82, 2.24) is 10.5 Å². The summed E-state index contributed by atoms with van der Waals surface area (Å²) in [5.74, 6) is 0.947. The lowest BCUT2D eigenvalue weighted by Crippen LogP contribution is -2.39. The summed E-state index contributed by atoms with van der Waals surface area (Å²) >= 11 is 0. The first kappa shape index (κ1) is 12.7. The molecular formula is C10H17N3O3. The largest absolute Gasteiger partial charge is 0.383 e. The Hall–Kier alpha value is -1.40. The Bertz CT molecular complexity index is 338.